The molecule has 1 heterocycles. The fraction of sp³-hybridized carbons (Fsp3) is 0.714. The monoisotopic (exact) mass is 1130 g/mol. The van der Waals surface area contributed by atoms with Crippen LogP contribution < -0.4 is 5.32 Å². The molecule has 8 atom stereocenters. The zero-order valence-corrected chi connectivity index (χ0v) is 51.4. The van der Waals surface area contributed by atoms with Crippen LogP contribution in [0.25, 0.3) is 0 Å². The molecule has 11 nitrogen and oxygen atoms in total. The summed E-state index contributed by atoms with van der Waals surface area (Å²) in [6.07, 6.45) is 66.8. The molecule has 1 aliphatic heterocycles. The molecule has 0 aliphatic carbocycles. The maximum absolute atomic E-state index is 13.5. The second-order valence-corrected chi connectivity index (χ2v) is 22.1. The number of allylic oxidation sites excluding steroid dienone is 17. The minimum Gasteiger partial charge on any atom is -0.454 e. The second-order valence-electron chi connectivity index (χ2n) is 22.1. The Morgan fingerprint density at radius 2 is 0.852 bits per heavy atom. The first-order chi connectivity index (χ1) is 39.7. The Kier molecular flexibility index (Phi) is 52.8. The lowest BCUT2D eigenvalue weighted by atomic mass is 9.99. The Hall–Kier alpha value is -3.68. The van der Waals surface area contributed by atoms with E-state index in [1.165, 1.54) is 103 Å². The first-order valence-electron chi connectivity index (χ1n) is 32.7. The fourth-order valence-electron chi connectivity index (χ4n) is 9.44. The molecule has 8 unspecified atom stereocenters. The maximum atomic E-state index is 13.5. The van der Waals surface area contributed by atoms with E-state index in [1.54, 1.807) is 6.08 Å². The van der Waals surface area contributed by atoms with Crippen molar-refractivity contribution in [2.75, 3.05) is 13.2 Å². The molecule has 1 saturated heterocycles. The first-order valence-corrected chi connectivity index (χ1v) is 32.7. The van der Waals surface area contributed by atoms with Gasteiger partial charge in [-0.25, -0.2) is 0 Å². The van der Waals surface area contributed by atoms with Gasteiger partial charge in [-0.1, -0.05) is 246 Å². The summed E-state index contributed by atoms with van der Waals surface area (Å²) in [6.45, 7) is 5.71. The zero-order valence-electron chi connectivity index (χ0n) is 51.4. The molecule has 0 aromatic rings. The van der Waals surface area contributed by atoms with Gasteiger partial charge in [0.2, 0.25) is 5.91 Å². The van der Waals surface area contributed by atoms with Gasteiger partial charge in [-0.05, 0) is 116 Å². The van der Waals surface area contributed by atoms with Crippen LogP contribution in [0.2, 0.25) is 0 Å². The summed E-state index contributed by atoms with van der Waals surface area (Å²) in [5.74, 6) is -1.25. The maximum Gasteiger partial charge on any atom is 0.306 e. The third-order valence-electron chi connectivity index (χ3n) is 14.6. The number of unbranched alkanes of at least 4 members (excludes halogenated alkanes) is 24. The molecule has 0 radical (unpaired) electrons. The van der Waals surface area contributed by atoms with Crippen molar-refractivity contribution in [3.05, 3.63) is 109 Å². The van der Waals surface area contributed by atoms with Crippen molar-refractivity contribution in [3.63, 3.8) is 0 Å². The molecular formula is C70H119NO10. The average Bonchev–Trinajstić information content (AvgIpc) is 3.46. The van der Waals surface area contributed by atoms with Gasteiger partial charge in [0.05, 0.1) is 25.4 Å². The van der Waals surface area contributed by atoms with Crippen molar-refractivity contribution in [3.8, 4) is 0 Å². The van der Waals surface area contributed by atoms with Crippen LogP contribution in [0.1, 0.15) is 258 Å². The van der Waals surface area contributed by atoms with E-state index < -0.39 is 67.4 Å². The number of hydrogen-bond acceptors (Lipinski definition) is 10. The van der Waals surface area contributed by atoms with Gasteiger partial charge in [0, 0.05) is 6.42 Å². The number of nitrogens with one attached hydrogen (secondary N) is 1. The van der Waals surface area contributed by atoms with Crippen LogP contribution in [-0.4, -0.2) is 99.6 Å². The van der Waals surface area contributed by atoms with Gasteiger partial charge in [0.25, 0.3) is 0 Å². The molecule has 1 fully saturated rings. The number of aliphatic hydroxyl groups excluding tert-OH is 5. The summed E-state index contributed by atoms with van der Waals surface area (Å²) in [7, 11) is 0. The van der Waals surface area contributed by atoms with Crippen LogP contribution >= 0.6 is 0 Å². The van der Waals surface area contributed by atoms with E-state index in [4.69, 9.17) is 14.2 Å². The highest BCUT2D eigenvalue weighted by Crippen LogP contribution is 2.26. The van der Waals surface area contributed by atoms with Crippen molar-refractivity contribution >= 4 is 11.9 Å². The van der Waals surface area contributed by atoms with E-state index in [0.717, 1.165) is 109 Å². The number of aliphatic hydroxyl groups is 5. The van der Waals surface area contributed by atoms with E-state index in [9.17, 15) is 35.1 Å². The van der Waals surface area contributed by atoms with Gasteiger partial charge in [-0.15, -0.1) is 0 Å². The van der Waals surface area contributed by atoms with E-state index >= 15 is 0 Å². The standard InChI is InChI=1S/C70H119NO10/c1-4-7-10-13-16-19-22-25-27-29-31-33-34-36-39-42-45-48-51-54-57-63(74)69(78)71-61(62(73)56-53-50-47-44-41-38-24-21-18-15-12-9-6-3)60-79-70-68(67(77)66(76)64(59-72)80-70)81-65(75)58-55-52-49-46-43-40-37-35-32-30-28-26-23-20-17-14-11-8-5-2/h16-17,19-20,25-28,31-33,35-36,39-40,43,53,56,61-64,66-68,70,72-74,76-77H,4-15,18,21-24,29-30,34,37-38,41-42,44-52,54-55,57-60H2,1-3H3,(H,71,78)/b19-16-,20-17-,27-25-,28-26-,33-31-,35-32-,39-36-,43-40-,56-53+. The lowest BCUT2D eigenvalue weighted by molar-refractivity contribution is -0.305. The molecule has 464 valence electrons. The SMILES string of the molecule is CCCCC/C=C\C/C=C\C/C=C\C/C=C\CCCCCCC(O)C(=O)NC(COC1OC(CO)C(O)C(O)C1OC(=O)CCCCC/C=C\C/C=C\C/C=C\C/C=C\CCCCC)C(O)/C=C/CCCCCCCCCCCCC. The molecular weight excluding hydrogens is 1010 g/mol. The summed E-state index contributed by atoms with van der Waals surface area (Å²) >= 11 is 0. The molecule has 1 amide bonds. The number of amides is 1. The van der Waals surface area contributed by atoms with E-state index in [0.29, 0.717) is 12.8 Å². The normalized spacial score (nSPS) is 19.4. The van der Waals surface area contributed by atoms with Gasteiger partial charge < -0.3 is 45.1 Å². The molecule has 0 bridgehead atoms. The molecule has 1 rings (SSSR count). The number of ether oxygens (including phenoxy) is 3. The van der Waals surface area contributed by atoms with Crippen LogP contribution in [-0.2, 0) is 23.8 Å². The van der Waals surface area contributed by atoms with Crippen molar-refractivity contribution in [1.82, 2.24) is 5.32 Å². The summed E-state index contributed by atoms with van der Waals surface area (Å²) < 4.78 is 17.6. The summed E-state index contributed by atoms with van der Waals surface area (Å²) in [5.41, 5.74) is 0. The Morgan fingerprint density at radius 3 is 1.30 bits per heavy atom. The van der Waals surface area contributed by atoms with Crippen molar-refractivity contribution < 1.29 is 49.3 Å². The Balaban J connectivity index is 2.72. The Morgan fingerprint density at radius 1 is 0.481 bits per heavy atom. The van der Waals surface area contributed by atoms with Crippen molar-refractivity contribution in [1.29, 1.82) is 0 Å². The minimum atomic E-state index is -1.64. The number of carbonyl (C=O) groups excluding carboxylic acids is 2. The first kappa shape index (κ1) is 75.3. The quantitative estimate of drug-likeness (QED) is 0.0195. The number of hydrogen-bond donors (Lipinski definition) is 6. The van der Waals surface area contributed by atoms with E-state index in [1.807, 2.05) is 6.08 Å². The zero-order chi connectivity index (χ0) is 58.9. The summed E-state index contributed by atoms with van der Waals surface area (Å²) in [6, 6.07) is -1.05. The highest BCUT2D eigenvalue weighted by molar-refractivity contribution is 5.80. The highest BCUT2D eigenvalue weighted by atomic mass is 16.7. The average molecular weight is 1130 g/mol. The van der Waals surface area contributed by atoms with Crippen molar-refractivity contribution in [2.24, 2.45) is 0 Å². The third kappa shape index (κ3) is 44.5. The lowest BCUT2D eigenvalue weighted by Gasteiger charge is -2.41. The van der Waals surface area contributed by atoms with Gasteiger partial charge in [0.15, 0.2) is 12.4 Å². The molecule has 81 heavy (non-hydrogen) atoms. The smallest absolute Gasteiger partial charge is 0.306 e. The predicted octanol–water partition coefficient (Wildman–Crippen LogP) is 16.1. The summed E-state index contributed by atoms with van der Waals surface area (Å²) in [4.78, 5) is 26.6. The highest BCUT2D eigenvalue weighted by Gasteiger charge is 2.47. The molecule has 6 N–H and O–H groups in total. The van der Waals surface area contributed by atoms with Gasteiger partial charge >= 0.3 is 5.97 Å². The van der Waals surface area contributed by atoms with E-state index in [2.05, 4.69) is 123 Å². The Bertz CT molecular complexity index is 1730. The van der Waals surface area contributed by atoms with Crippen LogP contribution in [0.5, 0.6) is 0 Å². The number of carbonyl (C=O) groups is 2. The predicted molar refractivity (Wildman–Crippen MR) is 338 cm³/mol. The molecule has 11 heteroatoms. The second kappa shape index (κ2) is 56.8. The van der Waals surface area contributed by atoms with Crippen LogP contribution in [0.3, 0.4) is 0 Å². The topological polar surface area (TPSA) is 175 Å². The third-order valence-corrected chi connectivity index (χ3v) is 14.6. The van der Waals surface area contributed by atoms with Gasteiger partial charge in [0.1, 0.15) is 24.4 Å². The minimum absolute atomic E-state index is 0.0780. The molecule has 0 saturated carbocycles. The Labute approximate surface area is 494 Å². The van der Waals surface area contributed by atoms with Gasteiger partial charge in [-0.3, -0.25) is 9.59 Å². The number of rotatable bonds is 54. The van der Waals surface area contributed by atoms with Crippen LogP contribution in [0.15, 0.2) is 109 Å². The molecule has 0 spiro atoms. The van der Waals surface area contributed by atoms with Crippen molar-refractivity contribution in [2.45, 2.75) is 307 Å². The number of esters is 1. The molecule has 0 aromatic heterocycles. The van der Waals surface area contributed by atoms with Crippen LogP contribution in [0.4, 0.5) is 0 Å². The lowest BCUT2D eigenvalue weighted by Crippen LogP contribution is -2.61. The largest absolute Gasteiger partial charge is 0.454 e. The molecule has 1 aliphatic rings. The van der Waals surface area contributed by atoms with Gasteiger partial charge in [-0.2, -0.15) is 0 Å². The van der Waals surface area contributed by atoms with Crippen LogP contribution in [0, 0.1) is 0 Å². The van der Waals surface area contributed by atoms with E-state index in [-0.39, 0.29) is 19.4 Å². The molecule has 0 aromatic carbocycles. The fourth-order valence-corrected chi connectivity index (χ4v) is 9.44. The summed E-state index contributed by atoms with van der Waals surface area (Å²) in [5, 5.41) is 57.1.